The van der Waals surface area contributed by atoms with Crippen LogP contribution in [0.3, 0.4) is 0 Å². The van der Waals surface area contributed by atoms with Gasteiger partial charge in [-0.3, -0.25) is 9.59 Å². The van der Waals surface area contributed by atoms with Crippen LogP contribution in [0.1, 0.15) is 31.2 Å². The maximum atomic E-state index is 12.1. The van der Waals surface area contributed by atoms with E-state index in [2.05, 4.69) is 15.4 Å². The van der Waals surface area contributed by atoms with Gasteiger partial charge >= 0.3 is 5.97 Å². The van der Waals surface area contributed by atoms with Gasteiger partial charge < -0.3 is 15.4 Å². The van der Waals surface area contributed by atoms with Gasteiger partial charge in [-0.05, 0) is 56.0 Å². The summed E-state index contributed by atoms with van der Waals surface area (Å²) in [5.41, 5.74) is 1.90. The fourth-order valence-corrected chi connectivity index (χ4v) is 3.58. The molecule has 1 saturated heterocycles. The van der Waals surface area contributed by atoms with Crippen LogP contribution in [0.2, 0.25) is 0 Å². The third-order valence-corrected chi connectivity index (χ3v) is 5.14. The third kappa shape index (κ3) is 6.93. The first kappa shape index (κ1) is 18.8. The molecule has 0 atom stereocenters. The Hall–Kier alpha value is -1.53. The molecule has 1 amide bonds. The Kier molecular flexibility index (Phi) is 8.12. The van der Waals surface area contributed by atoms with Crippen LogP contribution in [-0.2, 0) is 20.1 Å². The Morgan fingerprint density at radius 3 is 2.88 bits per heavy atom. The molecule has 0 bridgehead atoms. The van der Waals surface area contributed by atoms with E-state index in [0.29, 0.717) is 23.8 Å². The number of ether oxygens (including phenoxy) is 1. The van der Waals surface area contributed by atoms with E-state index in [9.17, 15) is 9.59 Å². The molecule has 0 saturated carbocycles. The minimum absolute atomic E-state index is 0.0768. The topological polar surface area (TPSA) is 67.4 Å². The number of piperidine rings is 1. The van der Waals surface area contributed by atoms with Crippen LogP contribution in [0, 0.1) is 5.92 Å². The van der Waals surface area contributed by atoms with Gasteiger partial charge in [0.2, 0.25) is 5.91 Å². The Labute approximate surface area is 147 Å². The summed E-state index contributed by atoms with van der Waals surface area (Å²) in [5.74, 6) is 1.57. The quantitative estimate of drug-likeness (QED) is 0.706. The number of hydrogen-bond acceptors (Lipinski definition) is 5. The zero-order valence-electron chi connectivity index (χ0n) is 14.2. The van der Waals surface area contributed by atoms with Crippen molar-refractivity contribution in [2.45, 2.75) is 31.4 Å². The SMILES string of the molecule is COC(=O)CSCc1cccc(NC(=O)CCC2CCNCC2)c1. The molecule has 2 N–H and O–H groups in total. The molecule has 5 nitrogen and oxygen atoms in total. The number of anilines is 1. The highest BCUT2D eigenvalue weighted by Crippen LogP contribution is 2.20. The predicted molar refractivity (Wildman–Crippen MR) is 98.1 cm³/mol. The maximum Gasteiger partial charge on any atom is 0.315 e. The number of nitrogens with one attached hydrogen (secondary N) is 2. The maximum absolute atomic E-state index is 12.1. The van der Waals surface area contributed by atoms with Gasteiger partial charge in [0.1, 0.15) is 0 Å². The standard InChI is InChI=1S/C18H26N2O3S/c1-23-18(22)13-24-12-15-3-2-4-16(11-15)20-17(21)6-5-14-7-9-19-10-8-14/h2-4,11,14,19H,5-10,12-13H2,1H3,(H,20,21). The van der Waals surface area contributed by atoms with Crippen molar-refractivity contribution in [2.24, 2.45) is 5.92 Å². The molecule has 1 aliphatic rings. The number of hydrogen-bond donors (Lipinski definition) is 2. The van der Waals surface area contributed by atoms with Crippen molar-refractivity contribution in [1.82, 2.24) is 5.32 Å². The molecule has 1 aliphatic heterocycles. The lowest BCUT2D eigenvalue weighted by Gasteiger charge is -2.22. The summed E-state index contributed by atoms with van der Waals surface area (Å²) in [6.07, 6.45) is 3.87. The Bertz CT molecular complexity index is 545. The van der Waals surface area contributed by atoms with Crippen LogP contribution in [0.4, 0.5) is 5.69 Å². The zero-order chi connectivity index (χ0) is 17.2. The third-order valence-electron chi connectivity index (χ3n) is 4.17. The lowest BCUT2D eigenvalue weighted by Crippen LogP contribution is -2.28. The van der Waals surface area contributed by atoms with Crippen LogP contribution in [-0.4, -0.2) is 37.8 Å². The van der Waals surface area contributed by atoms with Gasteiger partial charge in [0.15, 0.2) is 0 Å². The van der Waals surface area contributed by atoms with Gasteiger partial charge in [-0.15, -0.1) is 11.8 Å². The summed E-state index contributed by atoms with van der Waals surface area (Å²) in [5, 5.41) is 6.32. The highest BCUT2D eigenvalue weighted by Gasteiger charge is 2.14. The largest absolute Gasteiger partial charge is 0.468 e. The molecule has 1 aromatic carbocycles. The van der Waals surface area contributed by atoms with Gasteiger partial charge in [0.25, 0.3) is 0 Å². The second kappa shape index (κ2) is 10.4. The molecule has 0 radical (unpaired) electrons. The van der Waals surface area contributed by atoms with Crippen molar-refractivity contribution in [3.8, 4) is 0 Å². The number of methoxy groups -OCH3 is 1. The highest BCUT2D eigenvalue weighted by molar-refractivity contribution is 7.99. The molecular formula is C18H26N2O3S. The number of benzene rings is 1. The minimum atomic E-state index is -0.220. The van der Waals surface area contributed by atoms with Crippen molar-refractivity contribution in [2.75, 3.05) is 31.3 Å². The van der Waals surface area contributed by atoms with E-state index in [-0.39, 0.29) is 11.9 Å². The second-order valence-corrected chi connectivity index (χ2v) is 7.04. The number of thioether (sulfide) groups is 1. The molecule has 2 rings (SSSR count). The van der Waals surface area contributed by atoms with Gasteiger partial charge in [-0.25, -0.2) is 0 Å². The second-order valence-electron chi connectivity index (χ2n) is 6.05. The molecule has 1 fully saturated rings. The number of carbonyl (C=O) groups is 2. The van der Waals surface area contributed by atoms with Gasteiger partial charge in [0, 0.05) is 17.9 Å². The first-order chi connectivity index (χ1) is 11.7. The van der Waals surface area contributed by atoms with Crippen molar-refractivity contribution >= 4 is 29.3 Å². The Morgan fingerprint density at radius 1 is 1.33 bits per heavy atom. The zero-order valence-corrected chi connectivity index (χ0v) is 15.0. The van der Waals surface area contributed by atoms with Crippen LogP contribution < -0.4 is 10.6 Å². The van der Waals surface area contributed by atoms with Crippen LogP contribution in [0.25, 0.3) is 0 Å². The normalized spacial score (nSPS) is 15.0. The van der Waals surface area contributed by atoms with Crippen LogP contribution in [0.5, 0.6) is 0 Å². The Morgan fingerprint density at radius 2 is 2.12 bits per heavy atom. The molecule has 24 heavy (non-hydrogen) atoms. The average molecular weight is 350 g/mol. The van der Waals surface area contributed by atoms with E-state index in [1.54, 1.807) is 0 Å². The summed E-state index contributed by atoms with van der Waals surface area (Å²) in [7, 11) is 1.39. The number of esters is 1. The molecular weight excluding hydrogens is 324 g/mol. The van der Waals surface area contributed by atoms with E-state index in [4.69, 9.17) is 0 Å². The summed E-state index contributed by atoms with van der Waals surface area (Å²) < 4.78 is 4.62. The van der Waals surface area contributed by atoms with Crippen molar-refractivity contribution < 1.29 is 14.3 Å². The minimum Gasteiger partial charge on any atom is -0.468 e. The van der Waals surface area contributed by atoms with E-state index < -0.39 is 0 Å². The van der Waals surface area contributed by atoms with Crippen molar-refractivity contribution in [1.29, 1.82) is 0 Å². The predicted octanol–water partition coefficient (Wildman–Crippen LogP) is 2.81. The Balaban J connectivity index is 1.73. The van der Waals surface area contributed by atoms with E-state index in [1.165, 1.54) is 31.7 Å². The fraction of sp³-hybridized carbons (Fsp3) is 0.556. The lowest BCUT2D eigenvalue weighted by atomic mass is 9.93. The molecule has 1 aromatic rings. The monoisotopic (exact) mass is 350 g/mol. The summed E-state index contributed by atoms with van der Waals surface area (Å²) in [6.45, 7) is 2.13. The fourth-order valence-electron chi connectivity index (χ4n) is 2.78. The number of amides is 1. The van der Waals surface area contributed by atoms with Gasteiger partial charge in [-0.2, -0.15) is 0 Å². The molecule has 0 spiro atoms. The van der Waals surface area contributed by atoms with Crippen LogP contribution in [0.15, 0.2) is 24.3 Å². The van der Waals surface area contributed by atoms with E-state index >= 15 is 0 Å². The molecule has 132 valence electrons. The molecule has 1 heterocycles. The molecule has 6 heteroatoms. The van der Waals surface area contributed by atoms with E-state index in [0.717, 1.165) is 30.8 Å². The summed E-state index contributed by atoms with van der Waals surface area (Å²) >= 11 is 1.50. The van der Waals surface area contributed by atoms with Crippen molar-refractivity contribution in [3.63, 3.8) is 0 Å². The van der Waals surface area contributed by atoms with E-state index in [1.807, 2.05) is 24.3 Å². The first-order valence-corrected chi connectivity index (χ1v) is 9.57. The first-order valence-electron chi connectivity index (χ1n) is 8.41. The molecule has 0 unspecified atom stereocenters. The molecule has 0 aromatic heterocycles. The van der Waals surface area contributed by atoms with Gasteiger partial charge in [0.05, 0.1) is 12.9 Å². The highest BCUT2D eigenvalue weighted by atomic mass is 32.2. The van der Waals surface area contributed by atoms with Crippen LogP contribution >= 0.6 is 11.8 Å². The lowest BCUT2D eigenvalue weighted by molar-refractivity contribution is -0.137. The summed E-state index contributed by atoms with van der Waals surface area (Å²) in [4.78, 5) is 23.2. The van der Waals surface area contributed by atoms with Gasteiger partial charge in [-0.1, -0.05) is 12.1 Å². The number of carbonyl (C=O) groups excluding carboxylic acids is 2. The number of rotatable bonds is 8. The van der Waals surface area contributed by atoms with Crippen molar-refractivity contribution in [3.05, 3.63) is 29.8 Å². The smallest absolute Gasteiger partial charge is 0.315 e. The molecule has 0 aliphatic carbocycles. The summed E-state index contributed by atoms with van der Waals surface area (Å²) in [6, 6.07) is 7.79. The average Bonchev–Trinajstić information content (AvgIpc) is 2.61.